The average molecular weight is 191 g/mol. The van der Waals surface area contributed by atoms with Gasteiger partial charge in [0.1, 0.15) is 6.54 Å². The van der Waals surface area contributed by atoms with E-state index in [0.717, 1.165) is 30.0 Å². The normalized spacial score (nSPS) is 14.9. The molecule has 1 aromatic rings. The van der Waals surface area contributed by atoms with Crippen LogP contribution < -0.4 is 5.73 Å². The van der Waals surface area contributed by atoms with E-state index in [9.17, 15) is 0 Å². The number of hydrogen-bond acceptors (Lipinski definition) is 3. The predicted molar refractivity (Wildman–Crippen MR) is 52.3 cm³/mol. The Bertz CT molecular complexity index is 375. The molecule has 0 saturated carbocycles. The van der Waals surface area contributed by atoms with E-state index in [-0.39, 0.29) is 0 Å². The minimum absolute atomic E-state index is 0.466. The summed E-state index contributed by atoms with van der Waals surface area (Å²) < 4.78 is 7.17. The topological polar surface area (TPSA) is 53.1 Å². The fourth-order valence-corrected chi connectivity index (χ4v) is 1.75. The smallest absolute Gasteiger partial charge is 0.102 e. The van der Waals surface area contributed by atoms with Gasteiger partial charge < -0.3 is 10.5 Å². The molecular weight excluding hydrogens is 178 g/mol. The van der Waals surface area contributed by atoms with Gasteiger partial charge in [0.15, 0.2) is 0 Å². The number of hydrogen-bond donors (Lipinski definition) is 1. The maximum atomic E-state index is 5.66. The fourth-order valence-electron chi connectivity index (χ4n) is 1.75. The maximum absolute atomic E-state index is 5.66. The van der Waals surface area contributed by atoms with Crippen molar-refractivity contribution in [2.45, 2.75) is 26.1 Å². The molecule has 0 aromatic carbocycles. The molecule has 4 nitrogen and oxygen atoms in total. The van der Waals surface area contributed by atoms with E-state index in [1.807, 2.05) is 0 Å². The Kier molecular flexibility index (Phi) is 2.53. The summed E-state index contributed by atoms with van der Waals surface area (Å²) in [6, 6.07) is 0. The van der Waals surface area contributed by atoms with Gasteiger partial charge >= 0.3 is 0 Å². The third-order valence-electron chi connectivity index (χ3n) is 2.41. The molecule has 0 atom stereocenters. The van der Waals surface area contributed by atoms with Gasteiger partial charge in [-0.15, -0.1) is 6.42 Å². The van der Waals surface area contributed by atoms with Gasteiger partial charge in [0, 0.05) is 18.5 Å². The van der Waals surface area contributed by atoms with Crippen LogP contribution in [0.3, 0.4) is 0 Å². The van der Waals surface area contributed by atoms with Crippen molar-refractivity contribution in [3.63, 3.8) is 0 Å². The summed E-state index contributed by atoms with van der Waals surface area (Å²) in [4.78, 5) is 0. The highest BCUT2D eigenvalue weighted by Gasteiger charge is 2.19. The van der Waals surface area contributed by atoms with E-state index in [1.165, 1.54) is 0 Å². The predicted octanol–water partition coefficient (Wildman–Crippen LogP) is 0.0477. The number of aromatic nitrogens is 2. The van der Waals surface area contributed by atoms with Crippen LogP contribution in [-0.4, -0.2) is 16.4 Å². The second-order valence-corrected chi connectivity index (χ2v) is 3.24. The van der Waals surface area contributed by atoms with Gasteiger partial charge in [-0.1, -0.05) is 5.92 Å². The summed E-state index contributed by atoms with van der Waals surface area (Å²) in [6.45, 7) is 2.31. The third-order valence-corrected chi connectivity index (χ3v) is 2.41. The molecule has 0 unspecified atom stereocenters. The number of ether oxygens (including phenoxy) is 1. The van der Waals surface area contributed by atoms with Gasteiger partial charge in [-0.05, 0) is 0 Å². The number of fused-ring (bicyclic) bond motifs is 1. The molecule has 74 valence electrons. The van der Waals surface area contributed by atoms with Gasteiger partial charge in [-0.2, -0.15) is 5.10 Å². The summed E-state index contributed by atoms with van der Waals surface area (Å²) in [5.74, 6) is 2.57. The maximum Gasteiger partial charge on any atom is 0.102 e. The van der Waals surface area contributed by atoms with Gasteiger partial charge in [0.05, 0.1) is 24.6 Å². The lowest BCUT2D eigenvalue weighted by atomic mass is 10.1. The van der Waals surface area contributed by atoms with E-state index in [2.05, 4.69) is 11.0 Å². The van der Waals surface area contributed by atoms with Gasteiger partial charge in [-0.25, -0.2) is 0 Å². The highest BCUT2D eigenvalue weighted by Crippen LogP contribution is 2.19. The Morgan fingerprint density at radius 2 is 2.50 bits per heavy atom. The molecule has 1 aliphatic rings. The molecule has 0 amide bonds. The summed E-state index contributed by atoms with van der Waals surface area (Å²) in [6.07, 6.45) is 6.12. The van der Waals surface area contributed by atoms with Gasteiger partial charge in [0.2, 0.25) is 0 Å². The number of rotatable bonds is 2. The van der Waals surface area contributed by atoms with Crippen molar-refractivity contribution >= 4 is 0 Å². The second-order valence-electron chi connectivity index (χ2n) is 3.24. The quantitative estimate of drug-likeness (QED) is 0.672. The molecule has 0 aliphatic carbocycles. The zero-order valence-corrected chi connectivity index (χ0v) is 7.99. The Balaban J connectivity index is 2.42. The summed E-state index contributed by atoms with van der Waals surface area (Å²) >= 11 is 0. The minimum atomic E-state index is 0.466. The Morgan fingerprint density at radius 3 is 3.21 bits per heavy atom. The van der Waals surface area contributed by atoms with Crippen LogP contribution in [-0.2, 0) is 30.9 Å². The SMILES string of the molecule is C#CCn1nc2c(c1CN)COCC2. The number of nitrogens with two attached hydrogens (primary N) is 1. The lowest BCUT2D eigenvalue weighted by Crippen LogP contribution is -2.12. The molecule has 2 N–H and O–H groups in total. The first-order chi connectivity index (χ1) is 6.86. The second kappa shape index (κ2) is 3.82. The van der Waals surface area contributed by atoms with Crippen LogP contribution in [0.2, 0.25) is 0 Å². The van der Waals surface area contributed by atoms with Crippen molar-refractivity contribution in [3.05, 3.63) is 17.0 Å². The Labute approximate surface area is 83.0 Å². The monoisotopic (exact) mass is 191 g/mol. The zero-order chi connectivity index (χ0) is 9.97. The largest absolute Gasteiger partial charge is 0.376 e. The molecule has 0 saturated heterocycles. The summed E-state index contributed by atoms with van der Waals surface area (Å²) in [7, 11) is 0. The lowest BCUT2D eigenvalue weighted by Gasteiger charge is -2.11. The number of terminal acetylenes is 1. The van der Waals surface area contributed by atoms with E-state index in [4.69, 9.17) is 16.9 Å². The van der Waals surface area contributed by atoms with Crippen molar-refractivity contribution in [2.24, 2.45) is 5.73 Å². The molecule has 0 bridgehead atoms. The van der Waals surface area contributed by atoms with Crippen LogP contribution in [0.25, 0.3) is 0 Å². The minimum Gasteiger partial charge on any atom is -0.376 e. The summed E-state index contributed by atoms with van der Waals surface area (Å²) in [5.41, 5.74) is 8.90. The molecule has 0 fully saturated rings. The van der Waals surface area contributed by atoms with Crippen LogP contribution in [0.5, 0.6) is 0 Å². The first-order valence-corrected chi connectivity index (χ1v) is 4.65. The van der Waals surface area contributed by atoms with E-state index in [1.54, 1.807) is 4.68 Å². The molecule has 1 aliphatic heterocycles. The molecule has 2 rings (SSSR count). The van der Waals surface area contributed by atoms with E-state index in [0.29, 0.717) is 19.7 Å². The first kappa shape index (κ1) is 9.25. The van der Waals surface area contributed by atoms with Crippen LogP contribution in [0.1, 0.15) is 17.0 Å². The molecular formula is C10H13N3O. The Morgan fingerprint density at radius 1 is 1.64 bits per heavy atom. The molecule has 14 heavy (non-hydrogen) atoms. The number of nitrogens with zero attached hydrogens (tertiary/aromatic N) is 2. The van der Waals surface area contributed by atoms with Crippen LogP contribution in [0, 0.1) is 12.3 Å². The van der Waals surface area contributed by atoms with Gasteiger partial charge in [0.25, 0.3) is 0 Å². The van der Waals surface area contributed by atoms with Crippen LogP contribution in [0.4, 0.5) is 0 Å². The van der Waals surface area contributed by atoms with E-state index < -0.39 is 0 Å². The van der Waals surface area contributed by atoms with Crippen molar-refractivity contribution in [2.75, 3.05) is 6.61 Å². The average Bonchev–Trinajstić information content (AvgIpc) is 2.55. The van der Waals surface area contributed by atoms with Crippen LogP contribution in [0.15, 0.2) is 0 Å². The lowest BCUT2D eigenvalue weighted by molar-refractivity contribution is 0.109. The third kappa shape index (κ3) is 1.41. The molecule has 0 spiro atoms. The van der Waals surface area contributed by atoms with Crippen molar-refractivity contribution in [3.8, 4) is 12.3 Å². The zero-order valence-electron chi connectivity index (χ0n) is 7.99. The molecule has 4 heteroatoms. The fraction of sp³-hybridized carbons (Fsp3) is 0.500. The van der Waals surface area contributed by atoms with Crippen LogP contribution >= 0.6 is 0 Å². The van der Waals surface area contributed by atoms with Gasteiger partial charge in [-0.3, -0.25) is 4.68 Å². The van der Waals surface area contributed by atoms with Crippen molar-refractivity contribution in [1.82, 2.24) is 9.78 Å². The van der Waals surface area contributed by atoms with E-state index >= 15 is 0 Å². The van der Waals surface area contributed by atoms with Crippen molar-refractivity contribution in [1.29, 1.82) is 0 Å². The summed E-state index contributed by atoms with van der Waals surface area (Å²) in [5, 5.41) is 4.43. The Hall–Kier alpha value is -1.31. The highest BCUT2D eigenvalue weighted by atomic mass is 16.5. The first-order valence-electron chi connectivity index (χ1n) is 4.65. The standard InChI is InChI=1S/C10H13N3O/c1-2-4-13-10(6-11)8-7-14-5-3-9(8)12-13/h1H,3-7,11H2. The molecule has 2 heterocycles. The molecule has 0 radical (unpaired) electrons. The molecule has 1 aromatic heterocycles. The van der Waals surface area contributed by atoms with Crippen molar-refractivity contribution < 1.29 is 4.74 Å². The highest BCUT2D eigenvalue weighted by molar-refractivity contribution is 5.27.